The van der Waals surface area contributed by atoms with E-state index in [1.165, 1.54) is 44.9 Å². The van der Waals surface area contributed by atoms with Gasteiger partial charge in [-0.15, -0.1) is 0 Å². The Hall–Kier alpha value is -2.41. The van der Waals surface area contributed by atoms with Crippen molar-refractivity contribution in [2.24, 2.45) is 4.99 Å². The van der Waals surface area contributed by atoms with Crippen LogP contribution in [0.25, 0.3) is 0 Å². The molecule has 2 saturated heterocycles. The van der Waals surface area contributed by atoms with Gasteiger partial charge in [-0.25, -0.2) is 0 Å². The SMILES string of the molecule is C=C/C=C\C=C1/CN(C2CCN(C3CCCCCCC3)CC2)C(=O)C(=NCCC(=O)OCC)N1. The molecule has 1 saturated carbocycles. The Morgan fingerprint density at radius 3 is 2.47 bits per heavy atom. The number of aliphatic imine (C=N–C) groups is 1. The van der Waals surface area contributed by atoms with Crippen molar-refractivity contribution in [2.75, 3.05) is 32.8 Å². The maximum Gasteiger partial charge on any atom is 0.307 e. The average molecular weight is 471 g/mol. The van der Waals surface area contributed by atoms with Gasteiger partial charge in [0.05, 0.1) is 26.1 Å². The molecular formula is C27H42N4O3. The number of hydrogen-bond acceptors (Lipinski definition) is 5. The van der Waals surface area contributed by atoms with Crippen molar-refractivity contribution in [2.45, 2.75) is 83.2 Å². The summed E-state index contributed by atoms with van der Waals surface area (Å²) >= 11 is 0. The first-order valence-corrected chi connectivity index (χ1v) is 13.1. The molecule has 3 fully saturated rings. The van der Waals surface area contributed by atoms with Crippen molar-refractivity contribution in [3.63, 3.8) is 0 Å². The molecular weight excluding hydrogens is 428 g/mol. The van der Waals surface area contributed by atoms with Gasteiger partial charge in [-0.05, 0) is 38.7 Å². The Kier molecular flexibility index (Phi) is 10.9. The molecule has 0 aromatic rings. The molecule has 1 aliphatic carbocycles. The van der Waals surface area contributed by atoms with Crippen molar-refractivity contribution in [1.29, 1.82) is 0 Å². The number of esters is 1. The number of nitrogens with zero attached hydrogens (tertiary/aromatic N) is 3. The third-order valence-electron chi connectivity index (χ3n) is 7.05. The maximum atomic E-state index is 13.3. The number of likely N-dealkylation sites (tertiary alicyclic amines) is 1. The Morgan fingerprint density at radius 2 is 1.79 bits per heavy atom. The number of ether oxygens (including phenoxy) is 1. The Bertz CT molecular complexity index is 773. The number of piperazine rings is 1. The molecule has 0 aromatic carbocycles. The summed E-state index contributed by atoms with van der Waals surface area (Å²) in [6.45, 7) is 8.73. The molecule has 0 radical (unpaired) electrons. The molecule has 7 nitrogen and oxygen atoms in total. The van der Waals surface area contributed by atoms with Crippen LogP contribution >= 0.6 is 0 Å². The molecule has 3 rings (SSSR count). The summed E-state index contributed by atoms with van der Waals surface area (Å²) in [6, 6.07) is 0.918. The van der Waals surface area contributed by atoms with Gasteiger partial charge in [-0.3, -0.25) is 14.6 Å². The molecule has 34 heavy (non-hydrogen) atoms. The third kappa shape index (κ3) is 7.83. The summed E-state index contributed by atoms with van der Waals surface area (Å²) in [5.74, 6) is -0.0485. The van der Waals surface area contributed by atoms with E-state index < -0.39 is 0 Å². The van der Waals surface area contributed by atoms with E-state index >= 15 is 0 Å². The van der Waals surface area contributed by atoms with E-state index in [4.69, 9.17) is 4.74 Å². The van der Waals surface area contributed by atoms with Crippen LogP contribution in [-0.4, -0.2) is 72.4 Å². The summed E-state index contributed by atoms with van der Waals surface area (Å²) in [5.41, 5.74) is 0.926. The quantitative estimate of drug-likeness (QED) is 0.429. The lowest BCUT2D eigenvalue weighted by Crippen LogP contribution is -2.57. The molecule has 1 amide bonds. The number of hydrogen-bond donors (Lipinski definition) is 1. The smallest absolute Gasteiger partial charge is 0.307 e. The molecule has 0 atom stereocenters. The van der Waals surface area contributed by atoms with Gasteiger partial charge in [0.25, 0.3) is 5.91 Å². The van der Waals surface area contributed by atoms with Gasteiger partial charge in [-0.2, -0.15) is 0 Å². The van der Waals surface area contributed by atoms with Crippen LogP contribution in [0.5, 0.6) is 0 Å². The highest BCUT2D eigenvalue weighted by molar-refractivity contribution is 6.39. The lowest BCUT2D eigenvalue weighted by molar-refractivity contribution is -0.142. The second kappa shape index (κ2) is 14.1. The fourth-order valence-corrected chi connectivity index (χ4v) is 5.24. The largest absolute Gasteiger partial charge is 0.466 e. The molecule has 1 N–H and O–H groups in total. The summed E-state index contributed by atoms with van der Waals surface area (Å²) < 4.78 is 4.98. The van der Waals surface area contributed by atoms with Crippen LogP contribution in [0.1, 0.15) is 71.1 Å². The fourth-order valence-electron chi connectivity index (χ4n) is 5.24. The summed E-state index contributed by atoms with van der Waals surface area (Å²) in [7, 11) is 0. The van der Waals surface area contributed by atoms with Gasteiger partial charge >= 0.3 is 5.97 Å². The van der Waals surface area contributed by atoms with Gasteiger partial charge in [-0.1, -0.05) is 56.9 Å². The summed E-state index contributed by atoms with van der Waals surface area (Å²) in [6.07, 6.45) is 19.1. The molecule has 3 aliphatic rings. The van der Waals surface area contributed by atoms with Gasteiger partial charge in [0, 0.05) is 30.9 Å². The lowest BCUT2D eigenvalue weighted by Gasteiger charge is -2.43. The van der Waals surface area contributed by atoms with Crippen LogP contribution in [-0.2, 0) is 14.3 Å². The standard InChI is InChI=1S/C27H42N4O3/c1-3-5-9-12-22-21-31(27(33)26(29-22)28-18-15-25(32)34-4-2)24-16-19-30(20-17-24)23-13-10-7-6-8-11-14-23/h3,5,9,12,23-24H,1,4,6-8,10-11,13-21H2,2H3,(H,28,29)/b9-5-,22-12+. The van der Waals surface area contributed by atoms with E-state index in [-0.39, 0.29) is 30.9 Å². The first kappa shape index (κ1) is 26.2. The molecule has 2 aliphatic heterocycles. The van der Waals surface area contributed by atoms with Crippen LogP contribution in [0.4, 0.5) is 0 Å². The molecule has 0 aromatic heterocycles. The highest BCUT2D eigenvalue weighted by Gasteiger charge is 2.35. The highest BCUT2D eigenvalue weighted by Crippen LogP contribution is 2.26. The Balaban J connectivity index is 1.64. The van der Waals surface area contributed by atoms with Crippen molar-refractivity contribution >= 4 is 17.7 Å². The number of nitrogens with one attached hydrogen (secondary N) is 1. The van der Waals surface area contributed by atoms with Crippen LogP contribution in [0.2, 0.25) is 0 Å². The van der Waals surface area contributed by atoms with E-state index in [9.17, 15) is 9.59 Å². The predicted octanol–water partition coefficient (Wildman–Crippen LogP) is 3.97. The zero-order valence-corrected chi connectivity index (χ0v) is 20.8. The highest BCUT2D eigenvalue weighted by atomic mass is 16.5. The molecule has 0 unspecified atom stereocenters. The second-order valence-corrected chi connectivity index (χ2v) is 9.42. The van der Waals surface area contributed by atoms with Gasteiger partial charge in [0.15, 0.2) is 5.84 Å². The Labute approximate surface area is 205 Å². The number of carbonyl (C=O) groups is 2. The van der Waals surface area contributed by atoms with E-state index in [1.54, 1.807) is 13.0 Å². The number of allylic oxidation sites excluding steroid dienone is 4. The number of rotatable bonds is 8. The monoisotopic (exact) mass is 470 g/mol. The molecule has 0 bridgehead atoms. The number of amidine groups is 1. The van der Waals surface area contributed by atoms with Crippen LogP contribution in [0, 0.1) is 0 Å². The minimum atomic E-state index is -0.293. The summed E-state index contributed by atoms with van der Waals surface area (Å²) in [4.78, 5) is 34.1. The van der Waals surface area contributed by atoms with Crippen LogP contribution in [0.15, 0.2) is 41.6 Å². The molecule has 2 heterocycles. The minimum Gasteiger partial charge on any atom is -0.466 e. The topological polar surface area (TPSA) is 74.2 Å². The Morgan fingerprint density at radius 1 is 1.09 bits per heavy atom. The lowest BCUT2D eigenvalue weighted by atomic mass is 9.93. The minimum absolute atomic E-state index is 0.0712. The number of piperidine rings is 1. The van der Waals surface area contributed by atoms with Crippen molar-refractivity contribution in [1.82, 2.24) is 15.1 Å². The second-order valence-electron chi connectivity index (χ2n) is 9.42. The first-order chi connectivity index (χ1) is 16.6. The first-order valence-electron chi connectivity index (χ1n) is 13.1. The van der Waals surface area contributed by atoms with Gasteiger partial charge in [0.1, 0.15) is 0 Å². The fraction of sp³-hybridized carbons (Fsp3) is 0.667. The van der Waals surface area contributed by atoms with E-state index in [0.29, 0.717) is 25.0 Å². The van der Waals surface area contributed by atoms with Crippen molar-refractivity contribution in [3.8, 4) is 0 Å². The molecule has 7 heteroatoms. The number of amides is 1. The van der Waals surface area contributed by atoms with Crippen LogP contribution in [0.3, 0.4) is 0 Å². The third-order valence-corrected chi connectivity index (χ3v) is 7.05. The zero-order valence-electron chi connectivity index (χ0n) is 20.8. The normalized spacial score (nSPS) is 24.3. The average Bonchev–Trinajstić information content (AvgIpc) is 2.81. The van der Waals surface area contributed by atoms with E-state index in [1.807, 2.05) is 23.1 Å². The zero-order chi connectivity index (χ0) is 24.2. The van der Waals surface area contributed by atoms with E-state index in [0.717, 1.165) is 31.6 Å². The van der Waals surface area contributed by atoms with Gasteiger partial charge in [0.2, 0.25) is 0 Å². The number of carbonyl (C=O) groups excluding carboxylic acids is 2. The molecule has 0 spiro atoms. The molecule has 188 valence electrons. The predicted molar refractivity (Wildman–Crippen MR) is 137 cm³/mol. The van der Waals surface area contributed by atoms with Crippen molar-refractivity contribution < 1.29 is 14.3 Å². The van der Waals surface area contributed by atoms with Crippen molar-refractivity contribution in [3.05, 3.63) is 36.6 Å². The maximum absolute atomic E-state index is 13.3. The summed E-state index contributed by atoms with van der Waals surface area (Å²) in [5, 5.41) is 3.18. The van der Waals surface area contributed by atoms with E-state index in [2.05, 4.69) is 21.8 Å². The van der Waals surface area contributed by atoms with Crippen LogP contribution < -0.4 is 5.32 Å². The van der Waals surface area contributed by atoms with Gasteiger partial charge < -0.3 is 19.9 Å².